The highest BCUT2D eigenvalue weighted by molar-refractivity contribution is 7.99. The van der Waals surface area contributed by atoms with E-state index >= 15 is 0 Å². The van der Waals surface area contributed by atoms with E-state index in [9.17, 15) is 10.1 Å². The van der Waals surface area contributed by atoms with Crippen LogP contribution in [0.3, 0.4) is 0 Å². The van der Waals surface area contributed by atoms with Gasteiger partial charge < -0.3 is 9.88 Å². The highest BCUT2D eigenvalue weighted by atomic mass is 32.2. The van der Waals surface area contributed by atoms with E-state index < -0.39 is 0 Å². The molecule has 2 heterocycles. The van der Waals surface area contributed by atoms with Gasteiger partial charge in [-0.05, 0) is 30.7 Å². The quantitative estimate of drug-likeness (QED) is 0.827. The SMILES string of the molecule is CC1CCc2c(sc(NC(=O)CCSc3nccn3C)c2C#N)C1. The van der Waals surface area contributed by atoms with Crippen molar-refractivity contribution in [1.29, 1.82) is 5.26 Å². The summed E-state index contributed by atoms with van der Waals surface area (Å²) >= 11 is 3.13. The maximum absolute atomic E-state index is 12.2. The van der Waals surface area contributed by atoms with E-state index in [0.29, 0.717) is 23.7 Å². The molecule has 1 aliphatic rings. The maximum Gasteiger partial charge on any atom is 0.225 e. The summed E-state index contributed by atoms with van der Waals surface area (Å²) < 4.78 is 1.94. The first-order valence-electron chi connectivity index (χ1n) is 8.03. The fourth-order valence-corrected chi connectivity index (χ4v) is 5.12. The van der Waals surface area contributed by atoms with Crippen molar-refractivity contribution in [2.45, 2.75) is 37.8 Å². The fourth-order valence-electron chi connectivity index (χ4n) is 2.87. The minimum absolute atomic E-state index is 0.0418. The molecule has 1 aliphatic carbocycles. The highest BCUT2D eigenvalue weighted by Gasteiger charge is 2.24. The molecule has 0 spiro atoms. The van der Waals surface area contributed by atoms with Crippen LogP contribution in [0.2, 0.25) is 0 Å². The van der Waals surface area contributed by atoms with E-state index in [0.717, 1.165) is 35.0 Å². The normalized spacial score (nSPS) is 16.5. The molecule has 2 aromatic heterocycles. The first kappa shape index (κ1) is 17.1. The Kier molecular flexibility index (Phi) is 5.27. The molecular weight excluding hydrogens is 340 g/mol. The Labute approximate surface area is 150 Å². The molecule has 126 valence electrons. The Morgan fingerprint density at radius 1 is 1.62 bits per heavy atom. The van der Waals surface area contributed by atoms with Gasteiger partial charge in [-0.3, -0.25) is 4.79 Å². The van der Waals surface area contributed by atoms with Gasteiger partial charge in [0.05, 0.1) is 5.56 Å². The lowest BCUT2D eigenvalue weighted by molar-refractivity contribution is -0.115. The first-order valence-corrected chi connectivity index (χ1v) is 9.83. The van der Waals surface area contributed by atoms with Gasteiger partial charge in [-0.25, -0.2) is 4.98 Å². The molecule has 5 nitrogen and oxygen atoms in total. The van der Waals surface area contributed by atoms with Gasteiger partial charge in [-0.1, -0.05) is 18.7 Å². The summed E-state index contributed by atoms with van der Waals surface area (Å²) in [5.41, 5.74) is 1.82. The lowest BCUT2D eigenvalue weighted by Crippen LogP contribution is -2.12. The second-order valence-corrected chi connectivity index (χ2v) is 8.30. The largest absolute Gasteiger partial charge is 0.329 e. The van der Waals surface area contributed by atoms with Gasteiger partial charge >= 0.3 is 0 Å². The van der Waals surface area contributed by atoms with Gasteiger partial charge in [0.15, 0.2) is 5.16 Å². The van der Waals surface area contributed by atoms with Crippen molar-refractivity contribution < 1.29 is 4.79 Å². The van der Waals surface area contributed by atoms with Gasteiger partial charge in [0, 0.05) is 36.5 Å². The number of thiophene rings is 1. The van der Waals surface area contributed by atoms with E-state index in [1.807, 2.05) is 17.8 Å². The molecule has 1 N–H and O–H groups in total. The number of carbonyl (C=O) groups excluding carboxylic acids is 1. The van der Waals surface area contributed by atoms with Gasteiger partial charge in [0.25, 0.3) is 0 Å². The number of hydrogen-bond donors (Lipinski definition) is 1. The molecule has 1 unspecified atom stereocenters. The predicted octanol–water partition coefficient (Wildman–Crippen LogP) is 3.60. The molecule has 1 amide bonds. The van der Waals surface area contributed by atoms with Gasteiger partial charge in [0.2, 0.25) is 5.91 Å². The van der Waals surface area contributed by atoms with Crippen LogP contribution in [0.1, 0.15) is 35.8 Å². The van der Waals surface area contributed by atoms with E-state index in [-0.39, 0.29) is 5.91 Å². The predicted molar refractivity (Wildman–Crippen MR) is 97.4 cm³/mol. The summed E-state index contributed by atoms with van der Waals surface area (Å²) in [7, 11) is 1.94. The summed E-state index contributed by atoms with van der Waals surface area (Å²) in [6.07, 6.45) is 7.12. The number of aryl methyl sites for hydroxylation is 1. The van der Waals surface area contributed by atoms with Crippen LogP contribution < -0.4 is 5.32 Å². The Balaban J connectivity index is 1.60. The van der Waals surface area contributed by atoms with Crippen LogP contribution in [-0.2, 0) is 24.7 Å². The number of nitrogens with one attached hydrogen (secondary N) is 1. The lowest BCUT2D eigenvalue weighted by atomic mass is 9.89. The van der Waals surface area contributed by atoms with Crippen molar-refractivity contribution in [2.24, 2.45) is 13.0 Å². The van der Waals surface area contributed by atoms with Gasteiger partial charge in [-0.2, -0.15) is 5.26 Å². The lowest BCUT2D eigenvalue weighted by Gasteiger charge is -2.17. The molecule has 0 radical (unpaired) electrons. The molecule has 0 fully saturated rings. The molecule has 7 heteroatoms. The number of nitrogens with zero attached hydrogens (tertiary/aromatic N) is 3. The number of fused-ring (bicyclic) bond motifs is 1. The highest BCUT2D eigenvalue weighted by Crippen LogP contribution is 2.39. The number of thioether (sulfide) groups is 1. The number of anilines is 1. The smallest absolute Gasteiger partial charge is 0.225 e. The third-order valence-corrected chi connectivity index (χ3v) is 6.44. The number of carbonyl (C=O) groups is 1. The molecular formula is C17H20N4OS2. The Bertz CT molecular complexity index is 787. The topological polar surface area (TPSA) is 70.7 Å². The molecule has 0 bridgehead atoms. The average molecular weight is 361 g/mol. The van der Waals surface area contributed by atoms with Crippen LogP contribution in [0.5, 0.6) is 0 Å². The minimum Gasteiger partial charge on any atom is -0.329 e. The van der Waals surface area contributed by atoms with Crippen molar-refractivity contribution in [3.05, 3.63) is 28.4 Å². The molecule has 0 aliphatic heterocycles. The number of rotatable bonds is 5. The zero-order valence-electron chi connectivity index (χ0n) is 13.8. The summed E-state index contributed by atoms with van der Waals surface area (Å²) in [6, 6.07) is 2.29. The maximum atomic E-state index is 12.2. The number of amides is 1. The average Bonchev–Trinajstić information content (AvgIpc) is 3.10. The molecule has 0 saturated carbocycles. The van der Waals surface area contributed by atoms with E-state index in [1.54, 1.807) is 29.3 Å². The molecule has 3 rings (SSSR count). The van der Waals surface area contributed by atoms with Crippen molar-refractivity contribution in [2.75, 3.05) is 11.1 Å². The summed E-state index contributed by atoms with van der Waals surface area (Å²) in [5.74, 6) is 1.28. The molecule has 0 aromatic carbocycles. The van der Waals surface area contributed by atoms with Crippen LogP contribution in [0.15, 0.2) is 17.6 Å². The molecule has 2 aromatic rings. The van der Waals surface area contributed by atoms with Gasteiger partial charge in [0.1, 0.15) is 11.1 Å². The monoisotopic (exact) mass is 360 g/mol. The summed E-state index contributed by atoms with van der Waals surface area (Å²) in [4.78, 5) is 17.7. The van der Waals surface area contributed by atoms with E-state index in [4.69, 9.17) is 0 Å². The van der Waals surface area contributed by atoms with Crippen LogP contribution in [0.4, 0.5) is 5.00 Å². The number of imidazole rings is 1. The second kappa shape index (κ2) is 7.41. The van der Waals surface area contributed by atoms with Gasteiger partial charge in [-0.15, -0.1) is 11.3 Å². The number of nitriles is 1. The molecule has 24 heavy (non-hydrogen) atoms. The summed E-state index contributed by atoms with van der Waals surface area (Å²) in [6.45, 7) is 2.24. The van der Waals surface area contributed by atoms with Crippen LogP contribution in [0, 0.1) is 17.2 Å². The van der Waals surface area contributed by atoms with Crippen LogP contribution in [-0.4, -0.2) is 21.2 Å². The second-order valence-electron chi connectivity index (χ2n) is 6.14. The Hall–Kier alpha value is -1.78. The Morgan fingerprint density at radius 2 is 2.46 bits per heavy atom. The Morgan fingerprint density at radius 3 is 3.17 bits per heavy atom. The molecule has 0 saturated heterocycles. The first-order chi connectivity index (χ1) is 11.6. The van der Waals surface area contributed by atoms with Crippen LogP contribution in [0.25, 0.3) is 0 Å². The van der Waals surface area contributed by atoms with E-state index in [1.165, 1.54) is 4.88 Å². The number of hydrogen-bond acceptors (Lipinski definition) is 5. The van der Waals surface area contributed by atoms with Crippen LogP contribution >= 0.6 is 23.1 Å². The standard InChI is InChI=1S/C17H20N4OS2/c1-11-3-4-12-13(10-18)16(24-14(12)9-11)20-15(22)5-8-23-17-19-6-7-21(17)2/h6-7,11H,3-5,8-9H2,1-2H3,(H,20,22). The van der Waals surface area contributed by atoms with Crippen molar-refractivity contribution in [1.82, 2.24) is 9.55 Å². The van der Waals surface area contributed by atoms with E-state index in [2.05, 4.69) is 23.3 Å². The number of aromatic nitrogens is 2. The third kappa shape index (κ3) is 3.65. The third-order valence-electron chi connectivity index (χ3n) is 4.21. The van der Waals surface area contributed by atoms with Crippen molar-refractivity contribution >= 4 is 34.0 Å². The molecule has 1 atom stereocenters. The zero-order valence-corrected chi connectivity index (χ0v) is 15.5. The van der Waals surface area contributed by atoms with Crippen molar-refractivity contribution in [3.8, 4) is 6.07 Å². The zero-order chi connectivity index (χ0) is 17.1. The summed E-state index contributed by atoms with van der Waals surface area (Å²) in [5, 5.41) is 14.0. The van der Waals surface area contributed by atoms with Crippen molar-refractivity contribution in [3.63, 3.8) is 0 Å². The fraction of sp³-hybridized carbons (Fsp3) is 0.471. The minimum atomic E-state index is -0.0418.